The molecule has 0 atom stereocenters. The van der Waals surface area contributed by atoms with Crippen LogP contribution in [0.5, 0.6) is 0 Å². The van der Waals surface area contributed by atoms with Gasteiger partial charge in [-0.05, 0) is 55.7 Å². The Morgan fingerprint density at radius 2 is 1.72 bits per heavy atom. The first-order valence-corrected chi connectivity index (χ1v) is 11.7. The highest BCUT2D eigenvalue weighted by Gasteiger charge is 2.18. The minimum atomic E-state index is 0.454. The predicted octanol–water partition coefficient (Wildman–Crippen LogP) is 4.03. The second kappa shape index (κ2) is 10.2. The number of hydrogen-bond acceptors (Lipinski definition) is 7. The topological polar surface area (TPSA) is 78.9 Å². The van der Waals surface area contributed by atoms with E-state index in [9.17, 15) is 0 Å². The number of nitrogens with one attached hydrogen (secondary N) is 2. The van der Waals surface area contributed by atoms with E-state index in [0.29, 0.717) is 22.3 Å². The van der Waals surface area contributed by atoms with Gasteiger partial charge in [0, 0.05) is 37.6 Å². The maximum Gasteiger partial charge on any atom is 0.232 e. The van der Waals surface area contributed by atoms with Crippen molar-refractivity contribution in [3.05, 3.63) is 24.5 Å². The molecule has 2 aromatic heterocycles. The average molecular weight is 430 g/mol. The SMILES string of the molecule is S=C(Nc1nc(Sc2ncccn2)cc(N2CCCCCC2)n1)NC1CCCC1. The number of anilines is 2. The summed E-state index contributed by atoms with van der Waals surface area (Å²) in [5, 5.41) is 8.69. The molecule has 1 saturated carbocycles. The summed E-state index contributed by atoms with van der Waals surface area (Å²) in [4.78, 5) is 20.4. The van der Waals surface area contributed by atoms with E-state index in [4.69, 9.17) is 17.2 Å². The summed E-state index contributed by atoms with van der Waals surface area (Å²) in [6, 6.07) is 4.30. The molecular weight excluding hydrogens is 402 g/mol. The van der Waals surface area contributed by atoms with Gasteiger partial charge < -0.3 is 15.5 Å². The lowest BCUT2D eigenvalue weighted by Crippen LogP contribution is -2.36. The number of nitrogens with zero attached hydrogens (tertiary/aromatic N) is 5. The fourth-order valence-corrected chi connectivity index (χ4v) is 4.78. The molecule has 1 aliphatic carbocycles. The fraction of sp³-hybridized carbons (Fsp3) is 0.550. The Bertz CT molecular complexity index is 804. The molecule has 0 radical (unpaired) electrons. The summed E-state index contributed by atoms with van der Waals surface area (Å²) in [5.41, 5.74) is 0. The molecule has 2 aliphatic rings. The van der Waals surface area contributed by atoms with Crippen molar-refractivity contribution in [1.82, 2.24) is 25.3 Å². The lowest BCUT2D eigenvalue weighted by atomic mass is 10.2. The van der Waals surface area contributed by atoms with Crippen LogP contribution in [0.2, 0.25) is 0 Å². The molecule has 9 heteroatoms. The van der Waals surface area contributed by atoms with Gasteiger partial charge in [0.05, 0.1) is 0 Å². The van der Waals surface area contributed by atoms with Crippen molar-refractivity contribution in [2.45, 2.75) is 67.6 Å². The van der Waals surface area contributed by atoms with Crippen molar-refractivity contribution < 1.29 is 0 Å². The average Bonchev–Trinajstić information content (AvgIpc) is 3.07. The zero-order valence-corrected chi connectivity index (χ0v) is 18.1. The van der Waals surface area contributed by atoms with Gasteiger partial charge in [0.25, 0.3) is 0 Å². The molecule has 29 heavy (non-hydrogen) atoms. The molecule has 0 aromatic carbocycles. The maximum absolute atomic E-state index is 5.52. The Labute approximate surface area is 181 Å². The lowest BCUT2D eigenvalue weighted by molar-refractivity contribution is 0.634. The second-order valence-corrected chi connectivity index (χ2v) is 8.90. The summed E-state index contributed by atoms with van der Waals surface area (Å²) >= 11 is 6.96. The quantitative estimate of drug-likeness (QED) is 0.416. The van der Waals surface area contributed by atoms with E-state index >= 15 is 0 Å². The van der Waals surface area contributed by atoms with E-state index in [1.54, 1.807) is 12.4 Å². The van der Waals surface area contributed by atoms with Crippen LogP contribution < -0.4 is 15.5 Å². The van der Waals surface area contributed by atoms with Crippen molar-refractivity contribution >= 4 is 40.9 Å². The Morgan fingerprint density at radius 3 is 2.45 bits per heavy atom. The van der Waals surface area contributed by atoms with Crippen LogP contribution >= 0.6 is 24.0 Å². The van der Waals surface area contributed by atoms with Crippen LogP contribution in [0.25, 0.3) is 0 Å². The van der Waals surface area contributed by atoms with Crippen LogP contribution in [-0.4, -0.2) is 44.2 Å². The summed E-state index contributed by atoms with van der Waals surface area (Å²) in [7, 11) is 0. The van der Waals surface area contributed by atoms with Gasteiger partial charge in [-0.15, -0.1) is 0 Å². The zero-order valence-electron chi connectivity index (χ0n) is 16.5. The van der Waals surface area contributed by atoms with Gasteiger partial charge in [0.1, 0.15) is 10.8 Å². The second-order valence-electron chi connectivity index (χ2n) is 7.50. The minimum Gasteiger partial charge on any atom is -0.360 e. The van der Waals surface area contributed by atoms with Crippen molar-refractivity contribution in [2.75, 3.05) is 23.3 Å². The van der Waals surface area contributed by atoms with E-state index < -0.39 is 0 Å². The van der Waals surface area contributed by atoms with Crippen LogP contribution in [0.15, 0.2) is 34.7 Å². The van der Waals surface area contributed by atoms with E-state index in [1.165, 1.54) is 63.1 Å². The largest absolute Gasteiger partial charge is 0.360 e. The van der Waals surface area contributed by atoms with Crippen molar-refractivity contribution in [3.63, 3.8) is 0 Å². The van der Waals surface area contributed by atoms with Gasteiger partial charge in [0.15, 0.2) is 10.3 Å². The molecule has 0 spiro atoms. The maximum atomic E-state index is 5.52. The number of hydrogen-bond donors (Lipinski definition) is 2. The normalized spacial score (nSPS) is 17.7. The van der Waals surface area contributed by atoms with E-state index in [0.717, 1.165) is 23.9 Å². The third-order valence-electron chi connectivity index (χ3n) is 5.27. The monoisotopic (exact) mass is 429 g/mol. The molecule has 2 N–H and O–H groups in total. The molecule has 1 saturated heterocycles. The first-order valence-electron chi connectivity index (χ1n) is 10.4. The highest BCUT2D eigenvalue weighted by Crippen LogP contribution is 2.28. The molecule has 4 rings (SSSR count). The predicted molar refractivity (Wildman–Crippen MR) is 120 cm³/mol. The highest BCUT2D eigenvalue weighted by atomic mass is 32.2. The van der Waals surface area contributed by atoms with E-state index in [1.807, 2.05) is 12.1 Å². The third kappa shape index (κ3) is 5.99. The molecule has 0 amide bonds. The minimum absolute atomic E-state index is 0.454. The smallest absolute Gasteiger partial charge is 0.232 e. The van der Waals surface area contributed by atoms with Crippen molar-refractivity contribution in [3.8, 4) is 0 Å². The molecule has 2 aromatic rings. The molecule has 7 nitrogen and oxygen atoms in total. The summed E-state index contributed by atoms with van der Waals surface area (Å²) in [5.74, 6) is 1.46. The first-order chi connectivity index (χ1) is 14.3. The highest BCUT2D eigenvalue weighted by molar-refractivity contribution is 7.99. The Balaban J connectivity index is 1.53. The molecule has 1 aliphatic heterocycles. The van der Waals surface area contributed by atoms with Crippen LogP contribution in [-0.2, 0) is 0 Å². The molecule has 3 heterocycles. The summed E-state index contributed by atoms with van der Waals surface area (Å²) in [6.45, 7) is 2.04. The third-order valence-corrected chi connectivity index (χ3v) is 6.30. The zero-order chi connectivity index (χ0) is 19.9. The first kappa shape index (κ1) is 20.3. The van der Waals surface area contributed by atoms with Crippen molar-refractivity contribution in [1.29, 1.82) is 0 Å². The summed E-state index contributed by atoms with van der Waals surface area (Å²) < 4.78 is 0. The van der Waals surface area contributed by atoms with Gasteiger partial charge in [-0.3, -0.25) is 0 Å². The summed E-state index contributed by atoms with van der Waals surface area (Å²) in [6.07, 6.45) is 13.3. The lowest BCUT2D eigenvalue weighted by Gasteiger charge is -2.22. The van der Waals surface area contributed by atoms with Crippen molar-refractivity contribution in [2.24, 2.45) is 0 Å². The van der Waals surface area contributed by atoms with E-state index in [-0.39, 0.29) is 0 Å². The Morgan fingerprint density at radius 1 is 1.00 bits per heavy atom. The Kier molecular flexibility index (Phi) is 7.10. The number of thiocarbonyl (C=S) groups is 1. The van der Waals surface area contributed by atoms with E-state index in [2.05, 4.69) is 30.5 Å². The molecule has 2 fully saturated rings. The van der Waals surface area contributed by atoms with Crippen LogP contribution in [0, 0.1) is 0 Å². The molecule has 0 unspecified atom stereocenters. The van der Waals surface area contributed by atoms with Crippen LogP contribution in [0.1, 0.15) is 51.4 Å². The van der Waals surface area contributed by atoms with Crippen LogP contribution in [0.4, 0.5) is 11.8 Å². The molecular formula is C20H27N7S2. The molecule has 154 valence electrons. The fourth-order valence-electron chi connectivity index (χ4n) is 3.81. The van der Waals surface area contributed by atoms with Gasteiger partial charge in [-0.2, -0.15) is 4.98 Å². The van der Waals surface area contributed by atoms with Gasteiger partial charge in [-0.25, -0.2) is 15.0 Å². The van der Waals surface area contributed by atoms with Gasteiger partial charge in [0.2, 0.25) is 5.95 Å². The molecule has 0 bridgehead atoms. The number of aromatic nitrogens is 4. The van der Waals surface area contributed by atoms with Crippen LogP contribution in [0.3, 0.4) is 0 Å². The van der Waals surface area contributed by atoms with Gasteiger partial charge >= 0.3 is 0 Å². The number of rotatable bonds is 5. The Hall–Kier alpha value is -2.00. The standard InChI is InChI=1S/C20H27N7S2/c28-19(23-15-8-3-4-9-15)26-18-24-16(27-12-5-1-2-6-13-27)14-17(25-18)29-20-21-10-7-11-22-20/h7,10-11,14-15H,1-6,8-9,12-13H2,(H2,23,24,25,26,28). The van der Waals surface area contributed by atoms with Gasteiger partial charge in [-0.1, -0.05) is 25.7 Å².